The van der Waals surface area contributed by atoms with E-state index < -0.39 is 17.4 Å². The molecule has 0 spiro atoms. The lowest BCUT2D eigenvalue weighted by Crippen LogP contribution is -2.52. The first-order valence-electron chi connectivity index (χ1n) is 8.18. The van der Waals surface area contributed by atoms with E-state index in [1.165, 1.54) is 4.90 Å². The molecule has 2 rings (SSSR count). The monoisotopic (exact) mass is 368 g/mol. The van der Waals surface area contributed by atoms with E-state index in [9.17, 15) is 14.3 Å². The molecule has 1 aromatic rings. The molecule has 1 heterocycles. The van der Waals surface area contributed by atoms with Crippen LogP contribution in [-0.4, -0.2) is 38.7 Å². The van der Waals surface area contributed by atoms with Crippen molar-refractivity contribution in [3.8, 4) is 6.07 Å². The Morgan fingerprint density at radius 2 is 2.04 bits per heavy atom. The number of rotatable bonds is 3. The third-order valence-electron chi connectivity index (χ3n) is 4.38. The van der Waals surface area contributed by atoms with Crippen LogP contribution >= 0.6 is 11.6 Å². The molecule has 1 amide bonds. The van der Waals surface area contributed by atoms with Gasteiger partial charge in [-0.3, -0.25) is 0 Å². The highest BCUT2D eigenvalue weighted by atomic mass is 35.5. The van der Waals surface area contributed by atoms with Crippen LogP contribution in [0.25, 0.3) is 0 Å². The van der Waals surface area contributed by atoms with Crippen molar-refractivity contribution in [2.45, 2.75) is 64.1 Å². The quantitative estimate of drug-likeness (QED) is 0.778. The zero-order valence-electron chi connectivity index (χ0n) is 14.5. The number of pyridine rings is 1. The predicted molar refractivity (Wildman–Crippen MR) is 93.2 cm³/mol. The molecule has 0 saturated heterocycles. The molecule has 136 valence electrons. The standard InChI is InChI=1S/C17H22ClFN4O2/c1-17(2,3)23(16(24)25)12-6-4-11(5-7-12)21-15-13(19)8-10(9-20)14(18)22-15/h8,11-12H,4-7H2,1-3H3,(H,21,22)(H,24,25)/t11-,12-. The second kappa shape index (κ2) is 7.44. The lowest BCUT2D eigenvalue weighted by atomic mass is 9.88. The summed E-state index contributed by atoms with van der Waals surface area (Å²) in [6.45, 7) is 5.64. The van der Waals surface area contributed by atoms with E-state index in [1.54, 1.807) is 6.07 Å². The number of nitrogens with one attached hydrogen (secondary N) is 1. The summed E-state index contributed by atoms with van der Waals surface area (Å²) in [5, 5.41) is 21.3. The maximum atomic E-state index is 14.0. The molecular weight excluding hydrogens is 347 g/mol. The smallest absolute Gasteiger partial charge is 0.407 e. The Kier molecular flexibility index (Phi) is 5.73. The fourth-order valence-electron chi connectivity index (χ4n) is 3.31. The summed E-state index contributed by atoms with van der Waals surface area (Å²) < 4.78 is 14.0. The van der Waals surface area contributed by atoms with Gasteiger partial charge in [-0.25, -0.2) is 14.2 Å². The van der Waals surface area contributed by atoms with E-state index in [0.717, 1.165) is 6.07 Å². The molecule has 1 saturated carbocycles. The Labute approximate surface area is 151 Å². The zero-order chi connectivity index (χ0) is 18.8. The number of amides is 1. The van der Waals surface area contributed by atoms with E-state index in [2.05, 4.69) is 10.3 Å². The van der Waals surface area contributed by atoms with Crippen molar-refractivity contribution in [1.82, 2.24) is 9.88 Å². The fourth-order valence-corrected chi connectivity index (χ4v) is 3.49. The van der Waals surface area contributed by atoms with Crippen LogP contribution in [-0.2, 0) is 0 Å². The Hall–Kier alpha value is -2.07. The van der Waals surface area contributed by atoms with Crippen molar-refractivity contribution in [3.05, 3.63) is 22.6 Å². The highest BCUT2D eigenvalue weighted by molar-refractivity contribution is 6.30. The number of carbonyl (C=O) groups is 1. The minimum absolute atomic E-state index is 0.00398. The van der Waals surface area contributed by atoms with Crippen molar-refractivity contribution in [1.29, 1.82) is 5.26 Å². The molecule has 0 radical (unpaired) electrons. The average molecular weight is 369 g/mol. The van der Waals surface area contributed by atoms with Gasteiger partial charge in [0, 0.05) is 17.6 Å². The number of anilines is 1. The summed E-state index contributed by atoms with van der Waals surface area (Å²) in [5.41, 5.74) is -0.471. The zero-order valence-corrected chi connectivity index (χ0v) is 15.3. The fraction of sp³-hybridized carbons (Fsp3) is 0.588. The topological polar surface area (TPSA) is 89.2 Å². The highest BCUT2D eigenvalue weighted by Gasteiger charge is 2.35. The van der Waals surface area contributed by atoms with Gasteiger partial charge < -0.3 is 15.3 Å². The summed E-state index contributed by atoms with van der Waals surface area (Å²) in [6, 6.07) is 2.78. The number of carboxylic acid groups (broad SMARTS) is 1. The lowest BCUT2D eigenvalue weighted by Gasteiger charge is -2.42. The van der Waals surface area contributed by atoms with Gasteiger partial charge in [0.1, 0.15) is 11.2 Å². The minimum Gasteiger partial charge on any atom is -0.465 e. The van der Waals surface area contributed by atoms with Crippen LogP contribution in [0.4, 0.5) is 15.0 Å². The molecular formula is C17H22ClFN4O2. The number of halogens is 2. The number of nitriles is 1. The maximum Gasteiger partial charge on any atom is 0.407 e. The van der Waals surface area contributed by atoms with Crippen molar-refractivity contribution < 1.29 is 14.3 Å². The molecule has 1 fully saturated rings. The summed E-state index contributed by atoms with van der Waals surface area (Å²) >= 11 is 5.86. The molecule has 2 N–H and O–H groups in total. The second-order valence-corrected chi connectivity index (χ2v) is 7.60. The minimum atomic E-state index is -0.921. The van der Waals surface area contributed by atoms with Gasteiger partial charge in [-0.15, -0.1) is 0 Å². The SMILES string of the molecule is CC(C)(C)N(C(=O)O)[C@H]1CC[C@H](Nc2nc(Cl)c(C#N)cc2F)CC1. The maximum absolute atomic E-state index is 14.0. The van der Waals surface area contributed by atoms with Gasteiger partial charge >= 0.3 is 6.09 Å². The third kappa shape index (κ3) is 4.51. The first kappa shape index (κ1) is 19.3. The van der Waals surface area contributed by atoms with Crippen molar-refractivity contribution >= 4 is 23.5 Å². The van der Waals surface area contributed by atoms with E-state index in [0.29, 0.717) is 25.7 Å². The molecule has 1 aliphatic carbocycles. The van der Waals surface area contributed by atoms with E-state index >= 15 is 0 Å². The van der Waals surface area contributed by atoms with Gasteiger partial charge in [0.15, 0.2) is 11.6 Å². The van der Waals surface area contributed by atoms with Gasteiger partial charge in [0.05, 0.1) is 5.56 Å². The van der Waals surface area contributed by atoms with E-state index in [-0.39, 0.29) is 28.6 Å². The average Bonchev–Trinajstić information content (AvgIpc) is 2.50. The second-order valence-electron chi connectivity index (χ2n) is 7.24. The largest absolute Gasteiger partial charge is 0.465 e. The summed E-state index contributed by atoms with van der Waals surface area (Å²) in [5.74, 6) is -0.594. The van der Waals surface area contributed by atoms with Gasteiger partial charge in [0.2, 0.25) is 0 Å². The van der Waals surface area contributed by atoms with Gasteiger partial charge in [0.25, 0.3) is 0 Å². The van der Waals surface area contributed by atoms with Crippen LogP contribution in [0.5, 0.6) is 0 Å². The van der Waals surface area contributed by atoms with Crippen molar-refractivity contribution in [3.63, 3.8) is 0 Å². The summed E-state index contributed by atoms with van der Waals surface area (Å²) in [4.78, 5) is 17.0. The number of aromatic nitrogens is 1. The first-order chi connectivity index (χ1) is 11.6. The lowest BCUT2D eigenvalue weighted by molar-refractivity contribution is 0.0556. The van der Waals surface area contributed by atoms with Crippen LogP contribution < -0.4 is 5.32 Å². The Bertz CT molecular complexity index is 691. The molecule has 1 aromatic heterocycles. The van der Waals surface area contributed by atoms with Gasteiger partial charge in [-0.05, 0) is 52.5 Å². The molecule has 0 aliphatic heterocycles. The Morgan fingerprint density at radius 3 is 2.52 bits per heavy atom. The molecule has 25 heavy (non-hydrogen) atoms. The summed E-state index contributed by atoms with van der Waals surface area (Å²) in [6.07, 6.45) is 1.85. The van der Waals surface area contributed by atoms with Crippen LogP contribution in [0.15, 0.2) is 6.07 Å². The van der Waals surface area contributed by atoms with Gasteiger partial charge in [-0.1, -0.05) is 11.6 Å². The molecule has 0 unspecified atom stereocenters. The van der Waals surface area contributed by atoms with E-state index in [4.69, 9.17) is 16.9 Å². The molecule has 0 bridgehead atoms. The Balaban J connectivity index is 2.03. The predicted octanol–water partition coefficient (Wildman–Crippen LogP) is 4.25. The number of hydrogen-bond acceptors (Lipinski definition) is 4. The highest BCUT2D eigenvalue weighted by Crippen LogP contribution is 2.30. The third-order valence-corrected chi connectivity index (χ3v) is 4.67. The summed E-state index contributed by atoms with van der Waals surface area (Å²) in [7, 11) is 0. The first-order valence-corrected chi connectivity index (χ1v) is 8.56. The molecule has 0 atom stereocenters. The number of hydrogen-bond donors (Lipinski definition) is 2. The Morgan fingerprint density at radius 1 is 1.44 bits per heavy atom. The molecule has 1 aliphatic rings. The molecule has 0 aromatic carbocycles. The van der Waals surface area contributed by atoms with Crippen molar-refractivity contribution in [2.75, 3.05) is 5.32 Å². The number of nitrogens with zero attached hydrogens (tertiary/aromatic N) is 3. The normalized spacial score (nSPS) is 20.6. The van der Waals surface area contributed by atoms with Crippen LogP contribution in [0, 0.1) is 17.1 Å². The van der Waals surface area contributed by atoms with E-state index in [1.807, 2.05) is 20.8 Å². The van der Waals surface area contributed by atoms with Crippen LogP contribution in [0.2, 0.25) is 5.15 Å². The van der Waals surface area contributed by atoms with Gasteiger partial charge in [-0.2, -0.15) is 5.26 Å². The van der Waals surface area contributed by atoms with Crippen LogP contribution in [0.1, 0.15) is 52.0 Å². The molecule has 8 heteroatoms. The van der Waals surface area contributed by atoms with Crippen molar-refractivity contribution in [2.24, 2.45) is 0 Å². The van der Waals surface area contributed by atoms with Crippen LogP contribution in [0.3, 0.4) is 0 Å². The molecule has 6 nitrogen and oxygen atoms in total.